The summed E-state index contributed by atoms with van der Waals surface area (Å²) in [6.07, 6.45) is 8.39. The second-order valence-corrected chi connectivity index (χ2v) is 5.42. The lowest BCUT2D eigenvalue weighted by molar-refractivity contribution is 0.156. The van der Waals surface area contributed by atoms with Crippen LogP contribution in [0.1, 0.15) is 45.4 Å². The van der Waals surface area contributed by atoms with E-state index in [1.165, 1.54) is 58.2 Å². The van der Waals surface area contributed by atoms with Crippen LogP contribution in [0.15, 0.2) is 0 Å². The Kier molecular flexibility index (Phi) is 3.45. The lowest BCUT2D eigenvalue weighted by Crippen LogP contribution is -2.38. The zero-order valence-corrected chi connectivity index (χ0v) is 9.44. The van der Waals surface area contributed by atoms with E-state index in [4.69, 9.17) is 0 Å². The van der Waals surface area contributed by atoms with Crippen LogP contribution in [-0.2, 0) is 0 Å². The van der Waals surface area contributed by atoms with Gasteiger partial charge in [-0.15, -0.1) is 0 Å². The maximum atomic E-state index is 3.61. The minimum absolute atomic E-state index is 0.642. The monoisotopic (exact) mass is 196 g/mol. The highest BCUT2D eigenvalue weighted by molar-refractivity contribution is 4.85. The summed E-state index contributed by atoms with van der Waals surface area (Å²) >= 11 is 0. The third-order valence-electron chi connectivity index (χ3n) is 3.94. The second-order valence-electron chi connectivity index (χ2n) is 5.42. The number of rotatable bonds is 5. The van der Waals surface area contributed by atoms with Gasteiger partial charge in [-0.1, -0.05) is 13.3 Å². The molecule has 0 aromatic rings. The Bertz CT molecular complexity index is 169. The van der Waals surface area contributed by atoms with Gasteiger partial charge in [-0.3, -0.25) is 0 Å². The van der Waals surface area contributed by atoms with Gasteiger partial charge in [0.2, 0.25) is 0 Å². The van der Waals surface area contributed by atoms with Crippen LogP contribution < -0.4 is 10.6 Å². The Balaban J connectivity index is 1.50. The zero-order chi connectivity index (χ0) is 9.86. The number of nitrogens with one attached hydrogen (secondary N) is 2. The van der Waals surface area contributed by atoms with Crippen molar-refractivity contribution in [3.63, 3.8) is 0 Å². The lowest BCUT2D eigenvalue weighted by atomic mass is 9.70. The van der Waals surface area contributed by atoms with Crippen molar-refractivity contribution in [2.45, 2.75) is 51.5 Å². The van der Waals surface area contributed by atoms with Crippen LogP contribution in [0, 0.1) is 5.41 Å². The average Bonchev–Trinajstić information content (AvgIpc) is 2.62. The SMILES string of the molecule is CC1(CNCCC2CCCN2)CCC1. The Morgan fingerprint density at radius 1 is 1.36 bits per heavy atom. The van der Waals surface area contributed by atoms with Crippen molar-refractivity contribution >= 4 is 0 Å². The molecule has 82 valence electrons. The van der Waals surface area contributed by atoms with Crippen molar-refractivity contribution in [3.8, 4) is 0 Å². The summed E-state index contributed by atoms with van der Waals surface area (Å²) in [4.78, 5) is 0. The van der Waals surface area contributed by atoms with Gasteiger partial charge in [-0.05, 0) is 50.6 Å². The van der Waals surface area contributed by atoms with E-state index < -0.39 is 0 Å². The molecule has 0 aromatic carbocycles. The normalized spacial score (nSPS) is 30.2. The Morgan fingerprint density at radius 3 is 2.79 bits per heavy atom. The molecule has 2 rings (SSSR count). The van der Waals surface area contributed by atoms with Gasteiger partial charge in [0.25, 0.3) is 0 Å². The van der Waals surface area contributed by atoms with Crippen molar-refractivity contribution in [1.29, 1.82) is 0 Å². The number of hydrogen-bond acceptors (Lipinski definition) is 2. The number of hydrogen-bond donors (Lipinski definition) is 2. The average molecular weight is 196 g/mol. The van der Waals surface area contributed by atoms with Crippen molar-refractivity contribution in [2.24, 2.45) is 5.41 Å². The van der Waals surface area contributed by atoms with Crippen molar-refractivity contribution < 1.29 is 0 Å². The van der Waals surface area contributed by atoms with Crippen LogP contribution in [0.5, 0.6) is 0 Å². The molecule has 1 unspecified atom stereocenters. The predicted octanol–water partition coefficient (Wildman–Crippen LogP) is 1.91. The maximum absolute atomic E-state index is 3.61. The molecule has 1 heterocycles. The highest BCUT2D eigenvalue weighted by Gasteiger charge is 2.30. The van der Waals surface area contributed by atoms with Crippen LogP contribution in [0.25, 0.3) is 0 Å². The van der Waals surface area contributed by atoms with E-state index in [1.807, 2.05) is 0 Å². The van der Waals surface area contributed by atoms with Crippen molar-refractivity contribution in [3.05, 3.63) is 0 Å². The van der Waals surface area contributed by atoms with Gasteiger partial charge < -0.3 is 10.6 Å². The molecule has 1 aliphatic carbocycles. The fourth-order valence-electron chi connectivity index (χ4n) is 2.63. The molecular weight excluding hydrogens is 172 g/mol. The van der Waals surface area contributed by atoms with Gasteiger partial charge >= 0.3 is 0 Å². The van der Waals surface area contributed by atoms with Gasteiger partial charge in [0.05, 0.1) is 0 Å². The molecule has 2 aliphatic rings. The summed E-state index contributed by atoms with van der Waals surface area (Å²) in [5.41, 5.74) is 0.642. The standard InChI is InChI=1S/C12H24N2/c1-12(6-3-7-12)10-13-9-5-11-4-2-8-14-11/h11,13-14H,2-10H2,1H3. The van der Waals surface area contributed by atoms with E-state index in [2.05, 4.69) is 17.6 Å². The first-order valence-electron chi connectivity index (χ1n) is 6.23. The molecule has 1 saturated carbocycles. The fourth-order valence-corrected chi connectivity index (χ4v) is 2.63. The van der Waals surface area contributed by atoms with Crippen LogP contribution in [0.2, 0.25) is 0 Å². The minimum Gasteiger partial charge on any atom is -0.316 e. The summed E-state index contributed by atoms with van der Waals surface area (Å²) in [5.74, 6) is 0. The molecule has 14 heavy (non-hydrogen) atoms. The van der Waals surface area contributed by atoms with Gasteiger partial charge in [-0.25, -0.2) is 0 Å². The highest BCUT2D eigenvalue weighted by atomic mass is 15.0. The predicted molar refractivity (Wildman–Crippen MR) is 60.5 cm³/mol. The van der Waals surface area contributed by atoms with E-state index in [9.17, 15) is 0 Å². The zero-order valence-electron chi connectivity index (χ0n) is 9.44. The first-order chi connectivity index (χ1) is 6.79. The Morgan fingerprint density at radius 2 is 2.21 bits per heavy atom. The van der Waals surface area contributed by atoms with Gasteiger partial charge in [0.15, 0.2) is 0 Å². The lowest BCUT2D eigenvalue weighted by Gasteiger charge is -2.38. The smallest absolute Gasteiger partial charge is 0.00796 e. The van der Waals surface area contributed by atoms with E-state index in [-0.39, 0.29) is 0 Å². The largest absolute Gasteiger partial charge is 0.316 e. The van der Waals surface area contributed by atoms with E-state index >= 15 is 0 Å². The van der Waals surface area contributed by atoms with Crippen LogP contribution in [-0.4, -0.2) is 25.7 Å². The summed E-state index contributed by atoms with van der Waals surface area (Å²) < 4.78 is 0. The quantitative estimate of drug-likeness (QED) is 0.656. The highest BCUT2D eigenvalue weighted by Crippen LogP contribution is 2.39. The third kappa shape index (κ3) is 2.71. The minimum atomic E-state index is 0.642. The molecule has 2 fully saturated rings. The summed E-state index contributed by atoms with van der Waals surface area (Å²) in [6, 6.07) is 0.802. The molecule has 0 amide bonds. The van der Waals surface area contributed by atoms with E-state index in [1.54, 1.807) is 0 Å². The molecule has 1 saturated heterocycles. The Labute approximate surface area is 87.8 Å². The van der Waals surface area contributed by atoms with Crippen LogP contribution in [0.3, 0.4) is 0 Å². The summed E-state index contributed by atoms with van der Waals surface area (Å²) in [7, 11) is 0. The van der Waals surface area contributed by atoms with E-state index in [0.717, 1.165) is 6.04 Å². The molecule has 1 aliphatic heterocycles. The fraction of sp³-hybridized carbons (Fsp3) is 1.00. The topological polar surface area (TPSA) is 24.1 Å². The molecule has 2 heteroatoms. The third-order valence-corrected chi connectivity index (χ3v) is 3.94. The van der Waals surface area contributed by atoms with Gasteiger partial charge in [0, 0.05) is 12.6 Å². The molecule has 0 bridgehead atoms. The summed E-state index contributed by atoms with van der Waals surface area (Å²) in [6.45, 7) is 6.09. The van der Waals surface area contributed by atoms with E-state index in [0.29, 0.717) is 5.41 Å². The van der Waals surface area contributed by atoms with Gasteiger partial charge in [-0.2, -0.15) is 0 Å². The first-order valence-corrected chi connectivity index (χ1v) is 6.23. The second kappa shape index (κ2) is 4.63. The molecular formula is C12H24N2. The van der Waals surface area contributed by atoms with Gasteiger partial charge in [0.1, 0.15) is 0 Å². The molecule has 1 atom stereocenters. The maximum Gasteiger partial charge on any atom is 0.00796 e. The van der Waals surface area contributed by atoms with Crippen molar-refractivity contribution in [1.82, 2.24) is 10.6 Å². The molecule has 2 nitrogen and oxygen atoms in total. The first kappa shape index (κ1) is 10.4. The van der Waals surface area contributed by atoms with Crippen LogP contribution in [0.4, 0.5) is 0 Å². The van der Waals surface area contributed by atoms with Crippen LogP contribution >= 0.6 is 0 Å². The molecule has 0 aromatic heterocycles. The molecule has 0 radical (unpaired) electrons. The Hall–Kier alpha value is -0.0800. The molecule has 2 N–H and O–H groups in total. The van der Waals surface area contributed by atoms with Crippen molar-refractivity contribution in [2.75, 3.05) is 19.6 Å². The molecule has 0 spiro atoms. The summed E-state index contributed by atoms with van der Waals surface area (Å²) in [5, 5.41) is 7.16.